The van der Waals surface area contributed by atoms with Crippen molar-refractivity contribution in [2.45, 2.75) is 13.0 Å². The van der Waals surface area contributed by atoms with E-state index in [-0.39, 0.29) is 23.1 Å². The molecule has 5 heteroatoms. The molecular formula is C15H16N2O3. The first kappa shape index (κ1) is 13.7. The first-order valence-electron chi connectivity index (χ1n) is 6.17. The molecule has 0 aromatic heterocycles. The van der Waals surface area contributed by atoms with E-state index in [1.54, 1.807) is 13.0 Å². The predicted molar refractivity (Wildman–Crippen MR) is 76.5 cm³/mol. The predicted octanol–water partition coefficient (Wildman–Crippen LogP) is 2.17. The summed E-state index contributed by atoms with van der Waals surface area (Å²) in [5.41, 5.74) is 7.05. The van der Waals surface area contributed by atoms with Crippen LogP contribution in [0.15, 0.2) is 42.5 Å². The molecule has 0 spiro atoms. The first-order chi connectivity index (χ1) is 9.50. The molecule has 0 fully saturated rings. The summed E-state index contributed by atoms with van der Waals surface area (Å²) in [5, 5.41) is 22.0. The molecule has 1 unspecified atom stereocenters. The molecule has 0 aliphatic heterocycles. The third-order valence-corrected chi connectivity index (χ3v) is 3.06. The van der Waals surface area contributed by atoms with E-state index < -0.39 is 5.91 Å². The third-order valence-electron chi connectivity index (χ3n) is 3.06. The van der Waals surface area contributed by atoms with Crippen LogP contribution < -0.4 is 11.1 Å². The van der Waals surface area contributed by atoms with Crippen LogP contribution in [0.1, 0.15) is 28.9 Å². The van der Waals surface area contributed by atoms with Crippen LogP contribution in [0.4, 0.5) is 5.69 Å². The van der Waals surface area contributed by atoms with E-state index in [9.17, 15) is 15.0 Å². The second kappa shape index (κ2) is 5.52. The number of phenols is 2. The van der Waals surface area contributed by atoms with Crippen molar-refractivity contribution in [1.29, 1.82) is 0 Å². The van der Waals surface area contributed by atoms with Gasteiger partial charge in [0.1, 0.15) is 17.1 Å². The maximum Gasteiger partial charge on any atom is 0.259 e. The average Bonchev–Trinajstić information content (AvgIpc) is 2.38. The Hall–Kier alpha value is -2.69. The Labute approximate surface area is 116 Å². The fourth-order valence-electron chi connectivity index (χ4n) is 2.01. The van der Waals surface area contributed by atoms with Gasteiger partial charge in [0.15, 0.2) is 0 Å². The molecule has 2 aromatic rings. The number of hydrogen-bond acceptors (Lipinski definition) is 4. The van der Waals surface area contributed by atoms with E-state index in [2.05, 4.69) is 5.32 Å². The van der Waals surface area contributed by atoms with Gasteiger partial charge in [0.25, 0.3) is 5.91 Å². The number of amides is 1. The number of para-hydroxylation sites is 1. The number of rotatable bonds is 3. The van der Waals surface area contributed by atoms with Crippen molar-refractivity contribution in [2.24, 2.45) is 0 Å². The van der Waals surface area contributed by atoms with Crippen molar-refractivity contribution in [3.63, 3.8) is 0 Å². The van der Waals surface area contributed by atoms with Gasteiger partial charge in [-0.25, -0.2) is 0 Å². The van der Waals surface area contributed by atoms with Gasteiger partial charge >= 0.3 is 0 Å². The number of nitrogen functional groups attached to an aromatic ring is 1. The summed E-state index contributed by atoms with van der Waals surface area (Å²) in [6, 6.07) is 11.0. The van der Waals surface area contributed by atoms with E-state index in [1.165, 1.54) is 18.2 Å². The minimum absolute atomic E-state index is 0.145. The van der Waals surface area contributed by atoms with Crippen molar-refractivity contribution in [3.8, 4) is 11.5 Å². The molecule has 2 aromatic carbocycles. The number of anilines is 1. The summed E-state index contributed by atoms with van der Waals surface area (Å²) in [7, 11) is 0. The number of hydrogen-bond donors (Lipinski definition) is 4. The number of nitrogens with two attached hydrogens (primary N) is 1. The van der Waals surface area contributed by atoms with Crippen LogP contribution >= 0.6 is 0 Å². The Morgan fingerprint density at radius 2 is 1.70 bits per heavy atom. The van der Waals surface area contributed by atoms with Gasteiger partial charge in [-0.15, -0.1) is 0 Å². The van der Waals surface area contributed by atoms with Crippen LogP contribution in [0, 0.1) is 0 Å². The standard InChI is InChI=1S/C15H16N2O3/c1-9(10-5-2-3-6-11(10)16)17-15(20)14-12(18)7-4-8-13(14)19/h2-9,18-19H,16H2,1H3,(H,17,20). The third kappa shape index (κ3) is 2.66. The summed E-state index contributed by atoms with van der Waals surface area (Å²) in [6.07, 6.45) is 0. The SMILES string of the molecule is CC(NC(=O)c1c(O)cccc1O)c1ccccc1N. The second-order valence-corrected chi connectivity index (χ2v) is 4.50. The van der Waals surface area contributed by atoms with Crippen molar-refractivity contribution < 1.29 is 15.0 Å². The lowest BCUT2D eigenvalue weighted by Crippen LogP contribution is -2.27. The highest BCUT2D eigenvalue weighted by molar-refractivity contribution is 5.99. The van der Waals surface area contributed by atoms with Crippen LogP contribution in [-0.4, -0.2) is 16.1 Å². The fourth-order valence-corrected chi connectivity index (χ4v) is 2.01. The Morgan fingerprint density at radius 3 is 2.30 bits per heavy atom. The van der Waals surface area contributed by atoms with Gasteiger partial charge < -0.3 is 21.3 Å². The molecule has 1 amide bonds. The van der Waals surface area contributed by atoms with Gasteiger partial charge in [0.05, 0.1) is 6.04 Å². The van der Waals surface area contributed by atoms with Crippen molar-refractivity contribution in [3.05, 3.63) is 53.6 Å². The van der Waals surface area contributed by atoms with Crippen molar-refractivity contribution >= 4 is 11.6 Å². The minimum atomic E-state index is -0.559. The zero-order valence-electron chi connectivity index (χ0n) is 11.0. The first-order valence-corrected chi connectivity index (χ1v) is 6.17. The number of carbonyl (C=O) groups excluding carboxylic acids is 1. The largest absolute Gasteiger partial charge is 0.507 e. The summed E-state index contributed by atoms with van der Waals surface area (Å²) >= 11 is 0. The summed E-state index contributed by atoms with van der Waals surface area (Å²) in [4.78, 5) is 12.1. The lowest BCUT2D eigenvalue weighted by Gasteiger charge is -2.17. The molecule has 0 saturated carbocycles. The monoisotopic (exact) mass is 272 g/mol. The Bertz CT molecular complexity index is 621. The van der Waals surface area contributed by atoms with Gasteiger partial charge in [-0.3, -0.25) is 4.79 Å². The molecule has 1 atom stereocenters. The number of carbonyl (C=O) groups is 1. The second-order valence-electron chi connectivity index (χ2n) is 4.50. The smallest absolute Gasteiger partial charge is 0.259 e. The van der Waals surface area contributed by atoms with Crippen molar-refractivity contribution in [1.82, 2.24) is 5.32 Å². The molecule has 104 valence electrons. The molecule has 20 heavy (non-hydrogen) atoms. The number of nitrogens with one attached hydrogen (secondary N) is 1. The highest BCUT2D eigenvalue weighted by Crippen LogP contribution is 2.27. The maximum atomic E-state index is 12.1. The van der Waals surface area contributed by atoms with Gasteiger partial charge in [-0.05, 0) is 30.7 Å². The molecule has 0 heterocycles. The number of benzene rings is 2. The molecule has 0 saturated heterocycles. The lowest BCUT2D eigenvalue weighted by atomic mass is 10.1. The molecular weight excluding hydrogens is 256 g/mol. The lowest BCUT2D eigenvalue weighted by molar-refractivity contribution is 0.0934. The molecule has 5 nitrogen and oxygen atoms in total. The highest BCUT2D eigenvalue weighted by atomic mass is 16.3. The van der Waals surface area contributed by atoms with Crippen LogP contribution in [0.5, 0.6) is 11.5 Å². The van der Waals surface area contributed by atoms with Gasteiger partial charge in [-0.1, -0.05) is 24.3 Å². The van der Waals surface area contributed by atoms with Crippen LogP contribution in [0.3, 0.4) is 0 Å². The Balaban J connectivity index is 2.22. The van der Waals surface area contributed by atoms with E-state index >= 15 is 0 Å². The number of phenolic OH excluding ortho intramolecular Hbond substituents is 2. The van der Waals surface area contributed by atoms with Crippen LogP contribution in [0.2, 0.25) is 0 Å². The number of aromatic hydroxyl groups is 2. The van der Waals surface area contributed by atoms with Gasteiger partial charge in [0, 0.05) is 5.69 Å². The van der Waals surface area contributed by atoms with E-state index in [1.807, 2.05) is 18.2 Å². The molecule has 0 radical (unpaired) electrons. The van der Waals surface area contributed by atoms with E-state index in [0.717, 1.165) is 5.56 Å². The topological polar surface area (TPSA) is 95.6 Å². The van der Waals surface area contributed by atoms with Crippen LogP contribution in [-0.2, 0) is 0 Å². The molecule has 0 bridgehead atoms. The maximum absolute atomic E-state index is 12.1. The zero-order chi connectivity index (χ0) is 14.7. The Morgan fingerprint density at radius 1 is 1.10 bits per heavy atom. The van der Waals surface area contributed by atoms with Crippen molar-refractivity contribution in [2.75, 3.05) is 5.73 Å². The van der Waals surface area contributed by atoms with E-state index in [0.29, 0.717) is 5.69 Å². The van der Waals surface area contributed by atoms with E-state index in [4.69, 9.17) is 5.73 Å². The summed E-state index contributed by atoms with van der Waals surface area (Å²) < 4.78 is 0. The quantitative estimate of drug-likeness (QED) is 0.644. The van der Waals surface area contributed by atoms with Gasteiger partial charge in [-0.2, -0.15) is 0 Å². The summed E-state index contributed by atoms with van der Waals surface area (Å²) in [5.74, 6) is -1.09. The summed E-state index contributed by atoms with van der Waals surface area (Å²) in [6.45, 7) is 1.78. The van der Waals surface area contributed by atoms with Gasteiger partial charge in [0.2, 0.25) is 0 Å². The molecule has 0 aliphatic rings. The molecule has 2 rings (SSSR count). The fraction of sp³-hybridized carbons (Fsp3) is 0.133. The van der Waals surface area contributed by atoms with Crippen LogP contribution in [0.25, 0.3) is 0 Å². The molecule has 0 aliphatic carbocycles. The Kier molecular flexibility index (Phi) is 3.79. The average molecular weight is 272 g/mol. The normalized spacial score (nSPS) is 11.8. The minimum Gasteiger partial charge on any atom is -0.507 e. The highest BCUT2D eigenvalue weighted by Gasteiger charge is 2.19. The molecule has 5 N–H and O–H groups in total. The zero-order valence-corrected chi connectivity index (χ0v) is 11.0.